The first kappa shape index (κ1) is 26.6. The number of hydrazine groups is 1. The van der Waals surface area contributed by atoms with Gasteiger partial charge in [0, 0.05) is 24.7 Å². The van der Waals surface area contributed by atoms with Gasteiger partial charge in [-0.2, -0.15) is 0 Å². The predicted molar refractivity (Wildman–Crippen MR) is 137 cm³/mol. The van der Waals surface area contributed by atoms with Gasteiger partial charge in [-0.15, -0.1) is 0 Å². The quantitative estimate of drug-likeness (QED) is 0.333. The van der Waals surface area contributed by atoms with E-state index in [0.717, 1.165) is 0 Å². The van der Waals surface area contributed by atoms with E-state index in [2.05, 4.69) is 10.6 Å². The van der Waals surface area contributed by atoms with E-state index in [1.807, 2.05) is 0 Å². The molecular formula is C27H28N4O7. The Labute approximate surface area is 219 Å². The summed E-state index contributed by atoms with van der Waals surface area (Å²) in [7, 11) is 1.54. The molecule has 2 saturated heterocycles. The number of methoxy groups -OCH3 is 1. The number of esters is 1. The summed E-state index contributed by atoms with van der Waals surface area (Å²) in [5.41, 5.74) is 3.05. The first-order chi connectivity index (χ1) is 18.4. The Balaban J connectivity index is 1.64. The lowest BCUT2D eigenvalue weighted by atomic mass is 9.96. The molecule has 0 saturated carbocycles. The average Bonchev–Trinajstić information content (AvgIpc) is 3.32. The number of aliphatic imine (C=N–C) groups is 1. The van der Waals surface area contributed by atoms with Gasteiger partial charge < -0.3 is 19.2 Å². The number of nitrogens with zero attached hydrogens (tertiary/aromatic N) is 3. The minimum absolute atomic E-state index is 0.0375. The number of carbonyl (C=O) groups excluding carboxylic acids is 4. The first-order valence-corrected chi connectivity index (χ1v) is 12.2. The largest absolute Gasteiger partial charge is 0.497 e. The van der Waals surface area contributed by atoms with Gasteiger partial charge in [-0.1, -0.05) is 23.8 Å². The van der Waals surface area contributed by atoms with Crippen LogP contribution in [0.4, 0.5) is 5.69 Å². The van der Waals surface area contributed by atoms with Gasteiger partial charge in [0.05, 0.1) is 25.3 Å². The van der Waals surface area contributed by atoms with E-state index in [0.29, 0.717) is 30.9 Å². The number of piperidine rings is 1. The third-order valence-electron chi connectivity index (χ3n) is 6.15. The van der Waals surface area contributed by atoms with Gasteiger partial charge in [0.2, 0.25) is 0 Å². The standard InChI is InChI=1S/C27H28N4O7/c1-3-37-26(34)19-13-15-30(16-14-19)25(33)22(28-24(32)18-7-5-4-6-8-18)17-23-27(35)38-29-31(23)20-9-11-21(36-2)12-10-20/h4-12,17,19,29H,3,13-16H2,1-2H3/b23-17+,28-22?. The van der Waals surface area contributed by atoms with Crippen molar-refractivity contribution in [2.24, 2.45) is 10.9 Å². The summed E-state index contributed by atoms with van der Waals surface area (Å²) in [4.78, 5) is 61.8. The van der Waals surface area contributed by atoms with Crippen LogP contribution in [0.5, 0.6) is 5.75 Å². The van der Waals surface area contributed by atoms with Crippen LogP contribution in [0.25, 0.3) is 0 Å². The van der Waals surface area contributed by atoms with Gasteiger partial charge in [0.15, 0.2) is 5.70 Å². The van der Waals surface area contributed by atoms with E-state index in [9.17, 15) is 19.2 Å². The maximum absolute atomic E-state index is 13.6. The molecule has 2 aromatic carbocycles. The smallest absolute Gasteiger partial charge is 0.376 e. The van der Waals surface area contributed by atoms with Crippen LogP contribution in [0.2, 0.25) is 0 Å². The van der Waals surface area contributed by atoms with E-state index >= 15 is 0 Å². The average molecular weight is 521 g/mol. The summed E-state index contributed by atoms with van der Waals surface area (Å²) >= 11 is 0. The van der Waals surface area contributed by atoms with Crippen molar-refractivity contribution in [1.29, 1.82) is 0 Å². The molecule has 2 aromatic rings. The number of hydrogen-bond acceptors (Lipinski definition) is 9. The van der Waals surface area contributed by atoms with Crippen molar-refractivity contribution in [3.8, 4) is 5.75 Å². The van der Waals surface area contributed by atoms with Gasteiger partial charge in [0.1, 0.15) is 11.5 Å². The van der Waals surface area contributed by atoms with Crippen molar-refractivity contribution in [3.63, 3.8) is 0 Å². The normalized spacial score (nSPS) is 17.4. The highest BCUT2D eigenvalue weighted by Crippen LogP contribution is 2.25. The van der Waals surface area contributed by atoms with Gasteiger partial charge in [-0.05, 0) is 56.2 Å². The fraction of sp³-hybridized carbons (Fsp3) is 0.296. The van der Waals surface area contributed by atoms with Crippen LogP contribution in [0.3, 0.4) is 0 Å². The number of ether oxygens (including phenoxy) is 2. The molecule has 4 rings (SSSR count). The topological polar surface area (TPSA) is 127 Å². The van der Waals surface area contributed by atoms with Gasteiger partial charge in [-0.3, -0.25) is 14.4 Å². The lowest BCUT2D eigenvalue weighted by molar-refractivity contribution is -0.150. The molecule has 2 amide bonds. The molecule has 0 unspecified atom stereocenters. The van der Waals surface area contributed by atoms with Crippen LogP contribution in [0.15, 0.2) is 71.4 Å². The molecule has 198 valence electrons. The molecule has 38 heavy (non-hydrogen) atoms. The summed E-state index contributed by atoms with van der Waals surface area (Å²) in [5.74, 6) is -1.91. The monoisotopic (exact) mass is 520 g/mol. The number of rotatable bonds is 7. The molecule has 0 aromatic heterocycles. The fourth-order valence-corrected chi connectivity index (χ4v) is 4.09. The summed E-state index contributed by atoms with van der Waals surface area (Å²) in [6.45, 7) is 2.58. The highest BCUT2D eigenvalue weighted by molar-refractivity contribution is 6.45. The summed E-state index contributed by atoms with van der Waals surface area (Å²) in [6, 6.07) is 15.1. The zero-order valence-electron chi connectivity index (χ0n) is 21.1. The minimum atomic E-state index is -0.755. The molecule has 0 bridgehead atoms. The molecule has 11 nitrogen and oxygen atoms in total. The second kappa shape index (κ2) is 12.2. The Hall–Kier alpha value is -4.51. The first-order valence-electron chi connectivity index (χ1n) is 12.2. The predicted octanol–water partition coefficient (Wildman–Crippen LogP) is 2.45. The summed E-state index contributed by atoms with van der Waals surface area (Å²) in [6.07, 6.45) is 2.07. The van der Waals surface area contributed by atoms with Crippen molar-refractivity contribution < 1.29 is 33.5 Å². The number of nitrogens with one attached hydrogen (secondary N) is 1. The molecule has 0 spiro atoms. The SMILES string of the molecule is CCOC(=O)C1CCN(C(=O)C(/C=C2\C(=O)ONN2c2ccc(OC)cc2)=NC(=O)c2ccccc2)CC1. The number of likely N-dealkylation sites (tertiary alicyclic amines) is 1. The number of amides is 2. The van der Waals surface area contributed by atoms with E-state index in [1.54, 1.807) is 61.5 Å². The molecule has 0 aliphatic carbocycles. The molecular weight excluding hydrogens is 492 g/mol. The van der Waals surface area contributed by atoms with Crippen molar-refractivity contribution in [2.45, 2.75) is 19.8 Å². The summed E-state index contributed by atoms with van der Waals surface area (Å²) < 4.78 is 10.3. The van der Waals surface area contributed by atoms with Crippen molar-refractivity contribution >= 4 is 35.2 Å². The van der Waals surface area contributed by atoms with Crippen molar-refractivity contribution in [2.75, 3.05) is 31.8 Å². The third-order valence-corrected chi connectivity index (χ3v) is 6.15. The lowest BCUT2D eigenvalue weighted by Crippen LogP contribution is -2.44. The van der Waals surface area contributed by atoms with E-state index in [4.69, 9.17) is 14.3 Å². The van der Waals surface area contributed by atoms with Crippen LogP contribution < -0.4 is 15.3 Å². The maximum Gasteiger partial charge on any atom is 0.376 e. The van der Waals surface area contributed by atoms with E-state index in [-0.39, 0.29) is 41.9 Å². The van der Waals surface area contributed by atoms with Crippen LogP contribution in [-0.2, 0) is 24.0 Å². The van der Waals surface area contributed by atoms with Crippen LogP contribution in [0, 0.1) is 5.92 Å². The minimum Gasteiger partial charge on any atom is -0.497 e. The summed E-state index contributed by atoms with van der Waals surface area (Å²) in [5, 5.41) is 1.34. The van der Waals surface area contributed by atoms with Crippen molar-refractivity contribution in [3.05, 3.63) is 71.9 Å². The Morgan fingerprint density at radius 1 is 1.08 bits per heavy atom. The fourth-order valence-electron chi connectivity index (χ4n) is 4.09. The van der Waals surface area contributed by atoms with Gasteiger partial charge in [-0.25, -0.2) is 14.8 Å². The molecule has 2 aliphatic rings. The van der Waals surface area contributed by atoms with Crippen molar-refractivity contribution in [1.82, 2.24) is 10.5 Å². The molecule has 2 fully saturated rings. The van der Waals surface area contributed by atoms with E-state index in [1.165, 1.54) is 23.1 Å². The number of carbonyl (C=O) groups is 4. The molecule has 11 heteroatoms. The van der Waals surface area contributed by atoms with Gasteiger partial charge >= 0.3 is 11.9 Å². The molecule has 2 heterocycles. The highest BCUT2D eigenvalue weighted by atomic mass is 16.7. The van der Waals surface area contributed by atoms with Crippen LogP contribution >= 0.6 is 0 Å². The zero-order chi connectivity index (χ0) is 27.1. The van der Waals surface area contributed by atoms with Crippen LogP contribution in [-0.4, -0.2) is 61.2 Å². The number of benzene rings is 2. The molecule has 0 radical (unpaired) electrons. The zero-order valence-corrected chi connectivity index (χ0v) is 21.1. The Morgan fingerprint density at radius 2 is 1.76 bits per heavy atom. The number of hydrogen-bond donors (Lipinski definition) is 1. The Bertz CT molecular complexity index is 1250. The van der Waals surface area contributed by atoms with Gasteiger partial charge in [0.25, 0.3) is 11.8 Å². The number of anilines is 1. The molecule has 1 N–H and O–H groups in total. The molecule has 2 aliphatic heterocycles. The third kappa shape index (κ3) is 6.06. The second-order valence-corrected chi connectivity index (χ2v) is 8.53. The van der Waals surface area contributed by atoms with E-state index < -0.39 is 17.8 Å². The van der Waals surface area contributed by atoms with Crippen LogP contribution in [0.1, 0.15) is 30.1 Å². The Kier molecular flexibility index (Phi) is 8.49. The Morgan fingerprint density at radius 3 is 2.39 bits per heavy atom. The molecule has 0 atom stereocenters. The lowest BCUT2D eigenvalue weighted by Gasteiger charge is -2.30. The maximum atomic E-state index is 13.6. The highest BCUT2D eigenvalue weighted by Gasteiger charge is 2.33. The second-order valence-electron chi connectivity index (χ2n) is 8.53.